The molecule has 1 saturated heterocycles. The first-order valence-electron chi connectivity index (χ1n) is 7.10. The number of nitrogens with zero attached hydrogens (tertiary/aromatic N) is 3. The lowest BCUT2D eigenvalue weighted by atomic mass is 10.2. The molecule has 120 valence electrons. The van der Waals surface area contributed by atoms with Crippen LogP contribution in [0.5, 0.6) is 0 Å². The van der Waals surface area contributed by atoms with Crippen LogP contribution in [0.25, 0.3) is 0 Å². The summed E-state index contributed by atoms with van der Waals surface area (Å²) < 4.78 is 26.4. The summed E-state index contributed by atoms with van der Waals surface area (Å²) in [4.78, 5) is 30.6. The molecule has 0 saturated carbocycles. The van der Waals surface area contributed by atoms with Crippen molar-refractivity contribution in [1.29, 1.82) is 0 Å². The number of aromatic nitrogens is 1. The molecular weight excluding hydrogens is 294 g/mol. The van der Waals surface area contributed by atoms with E-state index in [-0.39, 0.29) is 18.1 Å². The Hall–Kier alpha value is -2.09. The minimum Gasteiger partial charge on any atom is -0.355 e. The molecule has 1 fully saturated rings. The molecule has 2 rings (SSSR count). The molecule has 1 aliphatic heterocycles. The van der Waals surface area contributed by atoms with Crippen molar-refractivity contribution in [2.24, 2.45) is 0 Å². The lowest BCUT2D eigenvalue weighted by Gasteiger charge is -2.34. The van der Waals surface area contributed by atoms with E-state index in [4.69, 9.17) is 0 Å². The molecule has 0 unspecified atom stereocenters. The Kier molecular flexibility index (Phi) is 5.37. The second kappa shape index (κ2) is 7.26. The maximum atomic E-state index is 13.6. The van der Waals surface area contributed by atoms with Crippen molar-refractivity contribution < 1.29 is 18.4 Å². The van der Waals surface area contributed by atoms with Crippen molar-refractivity contribution in [3.8, 4) is 0 Å². The molecule has 1 aromatic heterocycles. The van der Waals surface area contributed by atoms with Crippen LogP contribution in [-0.2, 0) is 4.79 Å². The third-order valence-corrected chi connectivity index (χ3v) is 3.41. The largest absolute Gasteiger partial charge is 0.355 e. The van der Waals surface area contributed by atoms with E-state index in [0.717, 1.165) is 6.20 Å². The molecule has 0 spiro atoms. The van der Waals surface area contributed by atoms with Gasteiger partial charge in [-0.15, -0.1) is 0 Å². The summed E-state index contributed by atoms with van der Waals surface area (Å²) >= 11 is 0. The lowest BCUT2D eigenvalue weighted by Crippen LogP contribution is -2.51. The highest BCUT2D eigenvalue weighted by Crippen LogP contribution is 2.11. The molecule has 2 amide bonds. The van der Waals surface area contributed by atoms with Gasteiger partial charge in [0.1, 0.15) is 5.82 Å². The summed E-state index contributed by atoms with van der Waals surface area (Å²) in [6.07, 6.45) is 0.821. The summed E-state index contributed by atoms with van der Waals surface area (Å²) in [7, 11) is 0. The van der Waals surface area contributed by atoms with Crippen LogP contribution in [-0.4, -0.2) is 65.9 Å². The van der Waals surface area contributed by atoms with Crippen LogP contribution in [0.1, 0.15) is 17.4 Å². The van der Waals surface area contributed by atoms with Gasteiger partial charge in [-0.2, -0.15) is 0 Å². The van der Waals surface area contributed by atoms with Gasteiger partial charge in [0.15, 0.2) is 11.5 Å². The molecule has 22 heavy (non-hydrogen) atoms. The Morgan fingerprint density at radius 2 is 1.95 bits per heavy atom. The van der Waals surface area contributed by atoms with E-state index in [2.05, 4.69) is 10.3 Å². The molecule has 6 nitrogen and oxygen atoms in total. The van der Waals surface area contributed by atoms with Crippen molar-refractivity contribution in [3.05, 3.63) is 29.6 Å². The number of halogens is 2. The number of nitrogens with one attached hydrogen (secondary N) is 1. The second-order valence-electron chi connectivity index (χ2n) is 5.01. The monoisotopic (exact) mass is 312 g/mol. The predicted molar refractivity (Wildman–Crippen MR) is 75.2 cm³/mol. The molecule has 2 heterocycles. The highest BCUT2D eigenvalue weighted by Gasteiger charge is 2.26. The van der Waals surface area contributed by atoms with Crippen molar-refractivity contribution >= 4 is 11.8 Å². The number of likely N-dealkylation sites (N-methyl/N-ethyl adjacent to an activating group) is 1. The number of hydrogen-bond donors (Lipinski definition) is 1. The van der Waals surface area contributed by atoms with E-state index in [9.17, 15) is 18.4 Å². The Morgan fingerprint density at radius 3 is 2.55 bits per heavy atom. The summed E-state index contributed by atoms with van der Waals surface area (Å²) in [6, 6.07) is 0.644. The van der Waals surface area contributed by atoms with Gasteiger partial charge in [-0.3, -0.25) is 14.5 Å². The van der Waals surface area contributed by atoms with Gasteiger partial charge in [-0.05, 0) is 6.92 Å². The highest BCUT2D eigenvalue weighted by atomic mass is 19.1. The zero-order valence-electron chi connectivity index (χ0n) is 12.3. The van der Waals surface area contributed by atoms with E-state index >= 15 is 0 Å². The molecule has 0 aromatic carbocycles. The fourth-order valence-corrected chi connectivity index (χ4v) is 2.29. The maximum Gasteiger partial charge on any atom is 0.275 e. The Morgan fingerprint density at radius 1 is 1.27 bits per heavy atom. The molecule has 1 N–H and O–H groups in total. The summed E-state index contributed by atoms with van der Waals surface area (Å²) in [5.74, 6) is -2.40. The van der Waals surface area contributed by atoms with Gasteiger partial charge in [0.2, 0.25) is 5.91 Å². The SMILES string of the molecule is CCNC(=O)CN1CCN(C(=O)c2ncc(F)cc2F)CC1. The second-order valence-corrected chi connectivity index (χ2v) is 5.01. The molecule has 0 bridgehead atoms. The van der Waals surface area contributed by atoms with E-state index in [1.165, 1.54) is 4.90 Å². The maximum absolute atomic E-state index is 13.6. The summed E-state index contributed by atoms with van der Waals surface area (Å²) in [6.45, 7) is 4.48. The quantitative estimate of drug-likeness (QED) is 0.866. The summed E-state index contributed by atoms with van der Waals surface area (Å²) in [5, 5.41) is 2.71. The molecule has 8 heteroatoms. The number of pyridine rings is 1. The number of amides is 2. The van der Waals surface area contributed by atoms with Gasteiger partial charge in [-0.25, -0.2) is 13.8 Å². The zero-order chi connectivity index (χ0) is 16.1. The van der Waals surface area contributed by atoms with E-state index in [0.29, 0.717) is 38.8 Å². The third kappa shape index (κ3) is 3.97. The van der Waals surface area contributed by atoms with Crippen molar-refractivity contribution in [3.63, 3.8) is 0 Å². The first kappa shape index (κ1) is 16.3. The van der Waals surface area contributed by atoms with E-state index in [1.807, 2.05) is 11.8 Å². The Labute approximate surface area is 127 Å². The topological polar surface area (TPSA) is 65.5 Å². The van der Waals surface area contributed by atoms with Crippen LogP contribution in [0.4, 0.5) is 8.78 Å². The van der Waals surface area contributed by atoms with Crippen LogP contribution < -0.4 is 5.32 Å². The minimum absolute atomic E-state index is 0.0616. The Balaban J connectivity index is 1.91. The number of hydrogen-bond acceptors (Lipinski definition) is 4. The number of piperazine rings is 1. The van der Waals surface area contributed by atoms with Crippen molar-refractivity contribution in [2.75, 3.05) is 39.3 Å². The first-order chi connectivity index (χ1) is 10.5. The zero-order valence-corrected chi connectivity index (χ0v) is 12.3. The van der Waals surface area contributed by atoms with Gasteiger partial charge >= 0.3 is 0 Å². The fourth-order valence-electron chi connectivity index (χ4n) is 2.29. The Bertz CT molecular complexity index is 560. The van der Waals surface area contributed by atoms with E-state index < -0.39 is 17.5 Å². The predicted octanol–water partition coefficient (Wildman–Crippen LogP) is 0.254. The first-order valence-corrected chi connectivity index (χ1v) is 7.10. The van der Waals surface area contributed by atoms with Crippen LogP contribution in [0.2, 0.25) is 0 Å². The summed E-state index contributed by atoms with van der Waals surface area (Å²) in [5.41, 5.74) is -0.376. The molecule has 1 aromatic rings. The number of carbonyl (C=O) groups is 2. The average molecular weight is 312 g/mol. The van der Waals surface area contributed by atoms with Crippen molar-refractivity contribution in [1.82, 2.24) is 20.1 Å². The third-order valence-electron chi connectivity index (χ3n) is 3.41. The normalized spacial score (nSPS) is 15.7. The van der Waals surface area contributed by atoms with Gasteiger partial charge < -0.3 is 10.2 Å². The van der Waals surface area contributed by atoms with E-state index in [1.54, 1.807) is 0 Å². The minimum atomic E-state index is -0.963. The van der Waals surface area contributed by atoms with Crippen molar-refractivity contribution in [2.45, 2.75) is 6.92 Å². The smallest absolute Gasteiger partial charge is 0.275 e. The van der Waals surface area contributed by atoms with Gasteiger partial charge in [0.25, 0.3) is 5.91 Å². The number of carbonyl (C=O) groups excluding carboxylic acids is 2. The fraction of sp³-hybridized carbons (Fsp3) is 0.500. The molecule has 0 aliphatic carbocycles. The van der Waals surface area contributed by atoms with Crippen LogP contribution in [0.15, 0.2) is 12.3 Å². The lowest BCUT2D eigenvalue weighted by molar-refractivity contribution is -0.122. The molecule has 0 atom stereocenters. The van der Waals surface area contributed by atoms with Gasteiger partial charge in [0.05, 0.1) is 12.7 Å². The number of rotatable bonds is 4. The molecular formula is C14H18F2N4O2. The molecule has 0 radical (unpaired) electrons. The van der Waals surface area contributed by atoms with Crippen LogP contribution in [0, 0.1) is 11.6 Å². The van der Waals surface area contributed by atoms with Gasteiger partial charge in [-0.1, -0.05) is 0 Å². The van der Waals surface area contributed by atoms with Crippen LogP contribution in [0.3, 0.4) is 0 Å². The van der Waals surface area contributed by atoms with Crippen LogP contribution >= 0.6 is 0 Å². The molecule has 1 aliphatic rings. The highest BCUT2D eigenvalue weighted by molar-refractivity contribution is 5.92. The standard InChI is InChI=1S/C14H18F2N4O2/c1-2-17-12(21)9-19-3-5-20(6-4-19)14(22)13-11(16)7-10(15)8-18-13/h7-8H,2-6,9H2,1H3,(H,17,21). The average Bonchev–Trinajstić information content (AvgIpc) is 2.47. The van der Waals surface area contributed by atoms with Gasteiger partial charge in [0, 0.05) is 38.8 Å².